The summed E-state index contributed by atoms with van der Waals surface area (Å²) in [6.45, 7) is 2.17. The van der Waals surface area contributed by atoms with Gasteiger partial charge in [-0.05, 0) is 78.2 Å². The number of dihydropyridines is 1. The Bertz CT molecular complexity index is 2590. The highest BCUT2D eigenvalue weighted by molar-refractivity contribution is 5.82. The van der Waals surface area contributed by atoms with Crippen molar-refractivity contribution in [3.63, 3.8) is 0 Å². The fourth-order valence-corrected chi connectivity index (χ4v) is 9.12. The average molecular weight is 741 g/mol. The molecule has 0 amide bonds. The van der Waals surface area contributed by atoms with Crippen molar-refractivity contribution in [3.8, 4) is 33.8 Å². The molecule has 6 heteroatoms. The van der Waals surface area contributed by atoms with E-state index in [1.807, 2.05) is 18.3 Å². The van der Waals surface area contributed by atoms with Crippen molar-refractivity contribution in [1.82, 2.24) is 9.97 Å². The van der Waals surface area contributed by atoms with Gasteiger partial charge in [-0.25, -0.2) is 9.97 Å². The number of allylic oxidation sites excluding steroid dienone is 4. The van der Waals surface area contributed by atoms with Crippen LogP contribution in [0.25, 0.3) is 39.3 Å². The van der Waals surface area contributed by atoms with Crippen LogP contribution < -0.4 is 15.5 Å². The second-order valence-corrected chi connectivity index (χ2v) is 15.2. The Morgan fingerprint density at radius 3 is 2.05 bits per heavy atom. The van der Waals surface area contributed by atoms with Crippen LogP contribution in [0.1, 0.15) is 30.6 Å². The van der Waals surface area contributed by atoms with E-state index in [9.17, 15) is 0 Å². The number of benzene rings is 4. The van der Waals surface area contributed by atoms with E-state index in [0.717, 1.165) is 68.4 Å². The molecule has 278 valence electrons. The summed E-state index contributed by atoms with van der Waals surface area (Å²) in [6, 6.07) is 49.0. The molecule has 3 aliphatic heterocycles. The first-order valence-electron chi connectivity index (χ1n) is 20.0. The van der Waals surface area contributed by atoms with Gasteiger partial charge in [0.15, 0.2) is 0 Å². The number of nitrogens with two attached hydrogens (primary N) is 1. The molecule has 0 saturated carbocycles. The quantitative estimate of drug-likeness (QED) is 0.157. The highest BCUT2D eigenvalue weighted by Crippen LogP contribution is 2.48. The molecule has 0 spiro atoms. The van der Waals surface area contributed by atoms with E-state index in [4.69, 9.17) is 20.7 Å². The summed E-state index contributed by atoms with van der Waals surface area (Å²) in [7, 11) is 0. The van der Waals surface area contributed by atoms with E-state index >= 15 is 0 Å². The van der Waals surface area contributed by atoms with Crippen LogP contribution in [-0.4, -0.2) is 40.3 Å². The number of aliphatic imine (C=N–C) groups is 1. The zero-order valence-electron chi connectivity index (χ0n) is 31.9. The molecule has 10 rings (SSSR count). The number of hydrogen-bond acceptors (Lipinski definition) is 6. The van der Waals surface area contributed by atoms with E-state index in [1.54, 1.807) is 0 Å². The Morgan fingerprint density at radius 1 is 0.649 bits per heavy atom. The van der Waals surface area contributed by atoms with Gasteiger partial charge >= 0.3 is 0 Å². The van der Waals surface area contributed by atoms with Crippen molar-refractivity contribution in [3.05, 3.63) is 193 Å². The molecule has 1 saturated heterocycles. The molecule has 1 aliphatic carbocycles. The van der Waals surface area contributed by atoms with Gasteiger partial charge in [0.25, 0.3) is 0 Å². The standard InChI is InChI=1S/C51H44N6/c1-2-3-24-48-50(52)40-31-36(44-22-11-20-42(54-44)34-14-6-4-7-15-34)26-28-46(40)56(48)38-18-10-19-39(33-38)57-47-29-27-37(32-41(47)51-49(57)25-13-30-53-51)45-23-12-21-43(55-45)35-16-8-5-9-17-35/h3-33,41,47-51H,2,52H2,1H3/b24-3-. The van der Waals surface area contributed by atoms with Gasteiger partial charge < -0.3 is 15.5 Å². The topological polar surface area (TPSA) is 70.6 Å². The third-order valence-corrected chi connectivity index (χ3v) is 11.8. The number of fused-ring (bicyclic) bond motifs is 4. The molecule has 4 aromatic carbocycles. The highest BCUT2D eigenvalue weighted by atomic mass is 15.3. The summed E-state index contributed by atoms with van der Waals surface area (Å²) >= 11 is 0. The molecule has 0 radical (unpaired) electrons. The van der Waals surface area contributed by atoms with Crippen LogP contribution in [0.15, 0.2) is 187 Å². The Morgan fingerprint density at radius 2 is 1.32 bits per heavy atom. The number of aromatic nitrogens is 2. The Hall–Kier alpha value is -6.63. The molecule has 6 aromatic rings. The maximum atomic E-state index is 7.20. The molecular weight excluding hydrogens is 697 g/mol. The summed E-state index contributed by atoms with van der Waals surface area (Å²) in [6.07, 6.45) is 18.9. The normalized spacial score (nSPS) is 23.1. The molecule has 1 fully saturated rings. The molecule has 5 heterocycles. The fraction of sp³-hybridized carbons (Fsp3) is 0.157. The first kappa shape index (κ1) is 34.8. The molecule has 0 bridgehead atoms. The highest BCUT2D eigenvalue weighted by Gasteiger charge is 2.48. The van der Waals surface area contributed by atoms with Crippen molar-refractivity contribution in [1.29, 1.82) is 0 Å². The Labute approximate surface area is 334 Å². The van der Waals surface area contributed by atoms with Gasteiger partial charge in [0.1, 0.15) is 0 Å². The number of anilines is 3. The maximum absolute atomic E-state index is 7.20. The molecule has 4 aliphatic rings. The minimum atomic E-state index is -0.210. The lowest BCUT2D eigenvalue weighted by molar-refractivity contribution is 0.557. The van der Waals surface area contributed by atoms with E-state index in [2.05, 4.69) is 187 Å². The molecule has 2 N–H and O–H groups in total. The van der Waals surface area contributed by atoms with E-state index in [-0.39, 0.29) is 36.1 Å². The van der Waals surface area contributed by atoms with Gasteiger partial charge in [-0.3, -0.25) is 4.99 Å². The first-order valence-corrected chi connectivity index (χ1v) is 20.0. The predicted molar refractivity (Wildman–Crippen MR) is 236 cm³/mol. The van der Waals surface area contributed by atoms with Gasteiger partial charge in [-0.1, -0.05) is 128 Å². The van der Waals surface area contributed by atoms with Crippen LogP contribution in [0.4, 0.5) is 17.1 Å². The minimum Gasteiger partial charge on any atom is -0.356 e. The Balaban J connectivity index is 0.988. The third kappa shape index (κ3) is 6.32. The van der Waals surface area contributed by atoms with Gasteiger partial charge in [-0.15, -0.1) is 0 Å². The monoisotopic (exact) mass is 740 g/mol. The minimum absolute atomic E-state index is 0.0356. The average Bonchev–Trinajstić information content (AvgIpc) is 3.76. The van der Waals surface area contributed by atoms with Crippen LogP contribution in [0, 0.1) is 5.92 Å². The molecule has 57 heavy (non-hydrogen) atoms. The lowest BCUT2D eigenvalue weighted by Crippen LogP contribution is -2.38. The van der Waals surface area contributed by atoms with Gasteiger partial charge in [0, 0.05) is 45.9 Å². The van der Waals surface area contributed by atoms with E-state index < -0.39 is 0 Å². The van der Waals surface area contributed by atoms with Crippen LogP contribution in [-0.2, 0) is 0 Å². The molecular formula is C51H44N6. The summed E-state index contributed by atoms with van der Waals surface area (Å²) in [5.74, 6) is 0.190. The number of hydrogen-bond donors (Lipinski definition) is 1. The van der Waals surface area contributed by atoms with Gasteiger partial charge in [0.2, 0.25) is 0 Å². The lowest BCUT2D eigenvalue weighted by atomic mass is 9.86. The summed E-state index contributed by atoms with van der Waals surface area (Å²) < 4.78 is 0. The number of rotatable bonds is 8. The van der Waals surface area contributed by atoms with Crippen LogP contribution in [0.3, 0.4) is 0 Å². The fourth-order valence-electron chi connectivity index (χ4n) is 9.12. The molecule has 2 aromatic heterocycles. The van der Waals surface area contributed by atoms with Crippen LogP contribution in [0.5, 0.6) is 0 Å². The van der Waals surface area contributed by atoms with E-state index in [1.165, 1.54) is 5.69 Å². The number of pyridine rings is 2. The summed E-state index contributed by atoms with van der Waals surface area (Å²) in [5, 5.41) is 0. The predicted octanol–water partition coefficient (Wildman–Crippen LogP) is 10.8. The van der Waals surface area contributed by atoms with Crippen molar-refractivity contribution >= 4 is 28.8 Å². The van der Waals surface area contributed by atoms with Crippen LogP contribution in [0.2, 0.25) is 0 Å². The van der Waals surface area contributed by atoms with Gasteiger partial charge in [0.05, 0.1) is 53.0 Å². The van der Waals surface area contributed by atoms with Crippen molar-refractivity contribution in [2.75, 3.05) is 9.80 Å². The third-order valence-electron chi connectivity index (χ3n) is 11.8. The second-order valence-electron chi connectivity index (χ2n) is 15.2. The molecule has 6 atom stereocenters. The van der Waals surface area contributed by atoms with E-state index in [0.29, 0.717) is 0 Å². The van der Waals surface area contributed by atoms with Crippen molar-refractivity contribution in [2.45, 2.75) is 43.6 Å². The smallest absolute Gasteiger partial charge is 0.0824 e. The largest absolute Gasteiger partial charge is 0.356 e. The van der Waals surface area contributed by atoms with Gasteiger partial charge in [-0.2, -0.15) is 0 Å². The Kier molecular flexibility index (Phi) is 9.04. The molecule has 6 nitrogen and oxygen atoms in total. The van der Waals surface area contributed by atoms with Crippen molar-refractivity contribution in [2.24, 2.45) is 16.6 Å². The SMILES string of the molecule is CC/C=C\C1C(N)c2cc(-c3cccc(-c4ccccc4)n3)ccc2N1c1cccc(N2C3C=CC(c4cccc(-c5ccccc5)n4)=CC3C3N=CC=CC32)c1. The maximum Gasteiger partial charge on any atom is 0.0824 e. The summed E-state index contributed by atoms with van der Waals surface area (Å²) in [5.41, 5.74) is 20.0. The lowest BCUT2D eigenvalue weighted by Gasteiger charge is -2.34. The van der Waals surface area contributed by atoms with Crippen molar-refractivity contribution < 1.29 is 0 Å². The van der Waals surface area contributed by atoms with Crippen LogP contribution >= 0.6 is 0 Å². The zero-order valence-corrected chi connectivity index (χ0v) is 31.9. The molecule has 6 unspecified atom stereocenters. The second kappa shape index (κ2) is 14.8. The first-order chi connectivity index (χ1) is 28.1. The number of nitrogens with zero attached hydrogens (tertiary/aromatic N) is 5. The summed E-state index contributed by atoms with van der Waals surface area (Å²) in [4.78, 5) is 20.2. The zero-order chi connectivity index (χ0) is 38.3.